The summed E-state index contributed by atoms with van der Waals surface area (Å²) in [5.41, 5.74) is 0. The van der Waals surface area contributed by atoms with Gasteiger partial charge in [0.1, 0.15) is 48.8 Å². The Bertz CT molecular complexity index is 1160. The number of nitrogens with one attached hydrogen (secondary N) is 1. The normalized spacial score (nSPS) is 29.3. The van der Waals surface area contributed by atoms with Gasteiger partial charge < -0.3 is 65.1 Å². The van der Waals surface area contributed by atoms with E-state index < -0.39 is 86.8 Å². The summed E-state index contributed by atoms with van der Waals surface area (Å²) in [6.45, 7) is 2.63. The lowest BCUT2D eigenvalue weighted by atomic mass is 9.97. The fourth-order valence-corrected chi connectivity index (χ4v) is 6.93. The van der Waals surface area contributed by atoms with Crippen molar-refractivity contribution >= 4 is 5.91 Å². The highest BCUT2D eigenvalue weighted by Gasteiger charge is 2.51. The highest BCUT2D eigenvalue weighted by molar-refractivity contribution is 5.76. The molecule has 2 aliphatic rings. The van der Waals surface area contributed by atoms with Crippen molar-refractivity contribution in [2.75, 3.05) is 19.8 Å². The molecule has 14 heteroatoms. The average Bonchev–Trinajstić information content (AvgIpc) is 3.22. The highest BCUT2D eigenvalue weighted by atomic mass is 16.7. The molecule has 0 aromatic heterocycles. The first kappa shape index (κ1) is 52.1. The third-order valence-corrected chi connectivity index (χ3v) is 10.6. The summed E-state index contributed by atoms with van der Waals surface area (Å²) >= 11 is 0. The second-order valence-electron chi connectivity index (χ2n) is 15.4. The average molecular weight is 828 g/mol. The summed E-state index contributed by atoms with van der Waals surface area (Å²) in [7, 11) is 0. The summed E-state index contributed by atoms with van der Waals surface area (Å²) < 4.78 is 22.6. The monoisotopic (exact) mass is 828 g/mol. The van der Waals surface area contributed by atoms with E-state index in [2.05, 4.69) is 67.8 Å². The highest BCUT2D eigenvalue weighted by Crippen LogP contribution is 2.30. The molecule has 9 N–H and O–H groups in total. The smallest absolute Gasteiger partial charge is 0.220 e. The van der Waals surface area contributed by atoms with Gasteiger partial charge in [-0.25, -0.2) is 0 Å². The fraction of sp³-hybridized carbons (Fsp3) is 0.795. The third kappa shape index (κ3) is 20.0. The number of rotatable bonds is 31. The van der Waals surface area contributed by atoms with Crippen LogP contribution in [-0.4, -0.2) is 140 Å². The van der Waals surface area contributed by atoms with E-state index in [9.17, 15) is 45.6 Å². The van der Waals surface area contributed by atoms with E-state index in [-0.39, 0.29) is 18.9 Å². The number of hydrogen-bond acceptors (Lipinski definition) is 13. The molecule has 2 heterocycles. The minimum atomic E-state index is -1.79. The molecule has 0 aromatic carbocycles. The van der Waals surface area contributed by atoms with Crippen molar-refractivity contribution in [3.05, 3.63) is 48.6 Å². The molecule has 2 fully saturated rings. The Morgan fingerprint density at radius 2 is 1.19 bits per heavy atom. The Hall–Kier alpha value is -2.05. The van der Waals surface area contributed by atoms with Crippen LogP contribution >= 0.6 is 0 Å². The number of ether oxygens (including phenoxy) is 4. The van der Waals surface area contributed by atoms with Crippen LogP contribution in [0, 0.1) is 0 Å². The van der Waals surface area contributed by atoms with Gasteiger partial charge in [0.15, 0.2) is 12.6 Å². The van der Waals surface area contributed by atoms with Crippen molar-refractivity contribution in [3.63, 3.8) is 0 Å². The quantitative estimate of drug-likeness (QED) is 0.0359. The number of aliphatic hydroxyl groups excluding tert-OH is 8. The van der Waals surface area contributed by atoms with Gasteiger partial charge in [-0.2, -0.15) is 0 Å². The molecule has 14 nitrogen and oxygen atoms in total. The topological polar surface area (TPSA) is 228 Å². The van der Waals surface area contributed by atoms with E-state index in [1.807, 2.05) is 0 Å². The molecule has 0 saturated carbocycles. The largest absolute Gasteiger partial charge is 0.394 e. The first-order valence-corrected chi connectivity index (χ1v) is 21.9. The van der Waals surface area contributed by atoms with Gasteiger partial charge in [-0.1, -0.05) is 120 Å². The van der Waals surface area contributed by atoms with Crippen LogP contribution in [-0.2, 0) is 23.7 Å². The van der Waals surface area contributed by atoms with Gasteiger partial charge in [0.2, 0.25) is 5.91 Å². The minimum Gasteiger partial charge on any atom is -0.394 e. The lowest BCUT2D eigenvalue weighted by molar-refractivity contribution is -0.359. The molecular formula is C44H77NO13. The van der Waals surface area contributed by atoms with Crippen LogP contribution in [0.25, 0.3) is 0 Å². The number of amides is 1. The second-order valence-corrected chi connectivity index (χ2v) is 15.4. The molecule has 58 heavy (non-hydrogen) atoms. The van der Waals surface area contributed by atoms with Crippen LogP contribution in [0.2, 0.25) is 0 Å². The van der Waals surface area contributed by atoms with E-state index in [4.69, 9.17) is 18.9 Å². The number of carbonyl (C=O) groups excluding carboxylic acids is 1. The van der Waals surface area contributed by atoms with Crippen molar-refractivity contribution in [2.45, 2.75) is 203 Å². The summed E-state index contributed by atoms with van der Waals surface area (Å²) in [6, 6.07) is -0.848. The van der Waals surface area contributed by atoms with Crippen LogP contribution in [0.5, 0.6) is 0 Å². The Morgan fingerprint density at radius 3 is 1.79 bits per heavy atom. The van der Waals surface area contributed by atoms with Crippen molar-refractivity contribution < 1.29 is 64.6 Å². The molecule has 0 bridgehead atoms. The molecule has 1 amide bonds. The van der Waals surface area contributed by atoms with Crippen LogP contribution in [0.15, 0.2) is 48.6 Å². The van der Waals surface area contributed by atoms with Crippen molar-refractivity contribution in [3.8, 4) is 0 Å². The maximum atomic E-state index is 13.1. The number of hydrogen-bond donors (Lipinski definition) is 9. The van der Waals surface area contributed by atoms with Gasteiger partial charge in [-0.15, -0.1) is 0 Å². The van der Waals surface area contributed by atoms with Crippen LogP contribution < -0.4 is 5.32 Å². The van der Waals surface area contributed by atoms with E-state index in [1.54, 1.807) is 0 Å². The molecular weight excluding hydrogens is 750 g/mol. The van der Waals surface area contributed by atoms with E-state index in [1.165, 1.54) is 32.1 Å². The van der Waals surface area contributed by atoms with Crippen LogP contribution in [0.3, 0.4) is 0 Å². The molecule has 0 aliphatic carbocycles. The van der Waals surface area contributed by atoms with Gasteiger partial charge in [0.05, 0.1) is 32.0 Å². The van der Waals surface area contributed by atoms with Gasteiger partial charge in [0, 0.05) is 6.42 Å². The number of carbonyl (C=O) groups is 1. The summed E-state index contributed by atoms with van der Waals surface area (Å²) in [5, 5.41) is 86.4. The maximum Gasteiger partial charge on any atom is 0.220 e. The van der Waals surface area contributed by atoms with E-state index >= 15 is 0 Å². The number of allylic oxidation sites excluding steroid dienone is 8. The van der Waals surface area contributed by atoms with Gasteiger partial charge in [0.25, 0.3) is 0 Å². The maximum absolute atomic E-state index is 13.1. The van der Waals surface area contributed by atoms with Crippen molar-refractivity contribution in [2.24, 2.45) is 0 Å². The van der Waals surface area contributed by atoms with E-state index in [0.29, 0.717) is 12.8 Å². The lowest BCUT2D eigenvalue weighted by Crippen LogP contribution is -2.65. The Kier molecular flexibility index (Phi) is 28.5. The molecule has 0 radical (unpaired) electrons. The molecule has 336 valence electrons. The predicted molar refractivity (Wildman–Crippen MR) is 221 cm³/mol. The molecule has 2 saturated heterocycles. The fourth-order valence-electron chi connectivity index (χ4n) is 6.93. The first-order valence-electron chi connectivity index (χ1n) is 21.9. The zero-order valence-corrected chi connectivity index (χ0v) is 35.0. The summed E-state index contributed by atoms with van der Waals surface area (Å²) in [5.74, 6) is -0.253. The van der Waals surface area contributed by atoms with Crippen molar-refractivity contribution in [1.29, 1.82) is 0 Å². The standard InChI is InChI=1S/C44H77NO13/c1-3-5-7-9-11-13-14-15-16-17-18-20-22-24-26-28-36(49)45-32(33(48)27-25-23-21-19-12-10-8-6-4-2)31-55-43-41(54)39(52)42(35(30-47)57-43)58-44-40(53)38(51)37(50)34(29-46)56-44/h5,7,11,13,15-16,18,20,32-35,37-44,46-48,50-54H,3-4,6,8-10,12,14,17,19,21-31H2,1-2H3,(H,45,49)/b7-5-,13-11-,16-15-,20-18-. The van der Waals surface area contributed by atoms with Gasteiger partial charge in [-0.05, 0) is 51.4 Å². The SMILES string of the molecule is CC/C=C\C/C=C\C/C=C\C/C=C\CCCCC(=O)NC(COC1OC(CO)C(OC2OC(CO)C(O)C(O)C2O)C(O)C1O)C(O)CCCCCCCCCCC. The lowest BCUT2D eigenvalue weighted by Gasteiger charge is -2.46. The van der Waals surface area contributed by atoms with Crippen LogP contribution in [0.1, 0.15) is 129 Å². The van der Waals surface area contributed by atoms with Crippen LogP contribution in [0.4, 0.5) is 0 Å². The van der Waals surface area contributed by atoms with Gasteiger partial charge in [-0.3, -0.25) is 4.79 Å². The molecule has 0 aromatic rings. The minimum absolute atomic E-state index is 0.250. The Balaban J connectivity index is 1.91. The molecule has 12 atom stereocenters. The molecule has 12 unspecified atom stereocenters. The van der Waals surface area contributed by atoms with Gasteiger partial charge >= 0.3 is 0 Å². The Labute approximate surface area is 346 Å². The second kappa shape index (κ2) is 31.8. The predicted octanol–water partition coefficient (Wildman–Crippen LogP) is 3.76. The molecule has 2 rings (SSSR count). The number of aliphatic hydroxyl groups is 8. The summed E-state index contributed by atoms with van der Waals surface area (Å²) in [4.78, 5) is 13.1. The van der Waals surface area contributed by atoms with E-state index in [0.717, 1.165) is 64.2 Å². The summed E-state index contributed by atoms with van der Waals surface area (Å²) in [6.07, 6.45) is 17.1. The zero-order chi connectivity index (χ0) is 42.5. The Morgan fingerprint density at radius 1 is 0.638 bits per heavy atom. The first-order chi connectivity index (χ1) is 28.1. The third-order valence-electron chi connectivity index (χ3n) is 10.6. The number of unbranched alkanes of at least 4 members (excludes halogenated alkanes) is 10. The van der Waals surface area contributed by atoms with Crippen molar-refractivity contribution in [1.82, 2.24) is 5.32 Å². The molecule has 0 spiro atoms. The molecule has 2 aliphatic heterocycles. The zero-order valence-electron chi connectivity index (χ0n) is 35.0.